The summed E-state index contributed by atoms with van der Waals surface area (Å²) in [5, 5.41) is 19.5. The van der Waals surface area contributed by atoms with Gasteiger partial charge in [-0.25, -0.2) is 9.37 Å². The first-order chi connectivity index (χ1) is 16.0. The molecule has 9 heteroatoms. The SMILES string of the molecule is NC(=O)c1ccc(-c2nc(-c3nnc(Cc4ccc(F)cc4)o3)c(O)c3ncccc23)cc1. The Balaban J connectivity index is 1.59. The van der Waals surface area contributed by atoms with Crippen LogP contribution in [0.15, 0.2) is 71.3 Å². The number of hydrogen-bond acceptors (Lipinski definition) is 7. The molecule has 33 heavy (non-hydrogen) atoms. The third-order valence-corrected chi connectivity index (χ3v) is 5.12. The fourth-order valence-electron chi connectivity index (χ4n) is 3.48. The zero-order chi connectivity index (χ0) is 22.9. The molecule has 0 fully saturated rings. The Morgan fingerprint density at radius 1 is 1.00 bits per heavy atom. The summed E-state index contributed by atoms with van der Waals surface area (Å²) < 4.78 is 18.9. The first kappa shape index (κ1) is 20.3. The summed E-state index contributed by atoms with van der Waals surface area (Å²) in [5.74, 6) is -0.760. The predicted octanol–water partition coefficient (Wildman–Crippen LogP) is 3.88. The van der Waals surface area contributed by atoms with Crippen LogP contribution in [0.2, 0.25) is 0 Å². The molecule has 3 N–H and O–H groups in total. The Bertz CT molecular complexity index is 1480. The van der Waals surface area contributed by atoms with E-state index < -0.39 is 5.91 Å². The summed E-state index contributed by atoms with van der Waals surface area (Å²) in [6, 6.07) is 16.1. The van der Waals surface area contributed by atoms with Crippen molar-refractivity contribution < 1.29 is 18.7 Å². The second-order valence-electron chi connectivity index (χ2n) is 7.30. The minimum absolute atomic E-state index is 0.0205. The molecular weight excluding hydrogens is 425 g/mol. The molecule has 0 aliphatic heterocycles. The van der Waals surface area contributed by atoms with Gasteiger partial charge in [0.05, 0.1) is 12.1 Å². The third kappa shape index (κ3) is 3.87. The second kappa shape index (κ2) is 8.12. The van der Waals surface area contributed by atoms with Crippen molar-refractivity contribution in [1.82, 2.24) is 20.2 Å². The second-order valence-corrected chi connectivity index (χ2v) is 7.30. The Hall–Kier alpha value is -4.66. The lowest BCUT2D eigenvalue weighted by Crippen LogP contribution is -2.10. The maximum atomic E-state index is 13.1. The zero-order valence-corrected chi connectivity index (χ0v) is 17.1. The fraction of sp³-hybridized carbons (Fsp3) is 0.0417. The lowest BCUT2D eigenvalue weighted by Gasteiger charge is -2.10. The van der Waals surface area contributed by atoms with Crippen LogP contribution in [0.1, 0.15) is 21.8 Å². The summed E-state index contributed by atoms with van der Waals surface area (Å²) in [6.07, 6.45) is 1.85. The van der Waals surface area contributed by atoms with Crippen LogP contribution in [-0.2, 0) is 6.42 Å². The molecule has 0 saturated heterocycles. The van der Waals surface area contributed by atoms with Crippen molar-refractivity contribution in [2.45, 2.75) is 6.42 Å². The van der Waals surface area contributed by atoms with Crippen molar-refractivity contribution in [3.05, 3.63) is 89.7 Å². The van der Waals surface area contributed by atoms with Gasteiger partial charge in [0.2, 0.25) is 11.8 Å². The van der Waals surface area contributed by atoms with E-state index in [-0.39, 0.29) is 29.0 Å². The Morgan fingerprint density at radius 3 is 2.48 bits per heavy atom. The first-order valence-corrected chi connectivity index (χ1v) is 9.95. The maximum absolute atomic E-state index is 13.1. The largest absolute Gasteiger partial charge is 0.504 e. The number of benzene rings is 2. The van der Waals surface area contributed by atoms with E-state index in [4.69, 9.17) is 10.2 Å². The van der Waals surface area contributed by atoms with Crippen LogP contribution in [0, 0.1) is 5.82 Å². The van der Waals surface area contributed by atoms with E-state index in [2.05, 4.69) is 20.2 Å². The fourth-order valence-corrected chi connectivity index (χ4v) is 3.48. The van der Waals surface area contributed by atoms with E-state index in [9.17, 15) is 14.3 Å². The van der Waals surface area contributed by atoms with Gasteiger partial charge in [0, 0.05) is 22.7 Å². The van der Waals surface area contributed by atoms with Crippen LogP contribution < -0.4 is 5.73 Å². The lowest BCUT2D eigenvalue weighted by molar-refractivity contribution is 0.100. The highest BCUT2D eigenvalue weighted by atomic mass is 19.1. The van der Waals surface area contributed by atoms with Gasteiger partial charge in [0.25, 0.3) is 5.89 Å². The molecule has 0 saturated carbocycles. The number of halogens is 1. The number of amides is 1. The van der Waals surface area contributed by atoms with Crippen LogP contribution >= 0.6 is 0 Å². The number of fused-ring (bicyclic) bond motifs is 1. The van der Waals surface area contributed by atoms with E-state index in [1.54, 1.807) is 54.7 Å². The van der Waals surface area contributed by atoms with Crippen molar-refractivity contribution in [3.8, 4) is 28.6 Å². The minimum Gasteiger partial charge on any atom is -0.504 e. The number of primary amides is 1. The highest BCUT2D eigenvalue weighted by Gasteiger charge is 2.21. The topological polar surface area (TPSA) is 128 Å². The Kier molecular flexibility index (Phi) is 4.98. The number of aromatic nitrogens is 4. The van der Waals surface area contributed by atoms with E-state index in [0.29, 0.717) is 34.1 Å². The molecule has 5 rings (SSSR count). The average molecular weight is 441 g/mol. The van der Waals surface area contributed by atoms with Gasteiger partial charge in [0.1, 0.15) is 11.3 Å². The van der Waals surface area contributed by atoms with Crippen molar-refractivity contribution in [3.63, 3.8) is 0 Å². The highest BCUT2D eigenvalue weighted by molar-refractivity contribution is 5.99. The van der Waals surface area contributed by atoms with Crippen molar-refractivity contribution in [2.75, 3.05) is 0 Å². The van der Waals surface area contributed by atoms with Gasteiger partial charge < -0.3 is 15.3 Å². The van der Waals surface area contributed by atoms with Crippen LogP contribution in [0.25, 0.3) is 33.7 Å². The van der Waals surface area contributed by atoms with E-state index in [1.807, 2.05) is 0 Å². The first-order valence-electron chi connectivity index (χ1n) is 9.95. The number of nitrogens with two attached hydrogens (primary N) is 1. The van der Waals surface area contributed by atoms with E-state index in [0.717, 1.165) is 5.56 Å². The molecule has 0 spiro atoms. The Labute approximate surface area is 186 Å². The summed E-state index contributed by atoms with van der Waals surface area (Å²) >= 11 is 0. The number of hydrogen-bond donors (Lipinski definition) is 2. The molecule has 2 aromatic carbocycles. The molecule has 0 atom stereocenters. The van der Waals surface area contributed by atoms with Gasteiger partial charge >= 0.3 is 0 Å². The summed E-state index contributed by atoms with van der Waals surface area (Å²) in [5.41, 5.74) is 8.08. The third-order valence-electron chi connectivity index (χ3n) is 5.12. The molecule has 1 amide bonds. The molecule has 162 valence electrons. The summed E-state index contributed by atoms with van der Waals surface area (Å²) in [6.45, 7) is 0. The van der Waals surface area contributed by atoms with Crippen molar-refractivity contribution in [1.29, 1.82) is 0 Å². The monoisotopic (exact) mass is 441 g/mol. The minimum atomic E-state index is -0.535. The molecule has 0 radical (unpaired) electrons. The van der Waals surface area contributed by atoms with Crippen molar-refractivity contribution >= 4 is 16.8 Å². The summed E-state index contributed by atoms with van der Waals surface area (Å²) in [7, 11) is 0. The van der Waals surface area contributed by atoms with E-state index in [1.165, 1.54) is 12.1 Å². The highest BCUT2D eigenvalue weighted by Crippen LogP contribution is 2.37. The van der Waals surface area contributed by atoms with Crippen LogP contribution in [0.3, 0.4) is 0 Å². The van der Waals surface area contributed by atoms with Crippen LogP contribution in [0.5, 0.6) is 5.75 Å². The molecular formula is C24H16FN5O3. The molecule has 0 bridgehead atoms. The van der Waals surface area contributed by atoms with Crippen LogP contribution in [-0.4, -0.2) is 31.2 Å². The maximum Gasteiger partial charge on any atom is 0.270 e. The quantitative estimate of drug-likeness (QED) is 0.423. The van der Waals surface area contributed by atoms with Crippen molar-refractivity contribution in [2.24, 2.45) is 5.73 Å². The van der Waals surface area contributed by atoms with Gasteiger partial charge in [0.15, 0.2) is 11.4 Å². The van der Waals surface area contributed by atoms with Gasteiger partial charge in [-0.1, -0.05) is 24.3 Å². The van der Waals surface area contributed by atoms with Gasteiger partial charge in [-0.3, -0.25) is 9.78 Å². The Morgan fingerprint density at radius 2 is 1.76 bits per heavy atom. The smallest absolute Gasteiger partial charge is 0.270 e. The van der Waals surface area contributed by atoms with Gasteiger partial charge in [-0.05, 0) is 42.0 Å². The molecule has 3 aromatic heterocycles. The number of carbonyl (C=O) groups is 1. The number of carbonyl (C=O) groups excluding carboxylic acids is 1. The molecule has 0 unspecified atom stereocenters. The van der Waals surface area contributed by atoms with Crippen LogP contribution in [0.4, 0.5) is 4.39 Å². The zero-order valence-electron chi connectivity index (χ0n) is 17.1. The standard InChI is InChI=1S/C24H16FN5O3/c25-16-9-3-13(4-10-16)12-18-29-30-24(33-18)21-22(31)20-17(2-1-11-27-20)19(28-21)14-5-7-15(8-6-14)23(26)32/h1-11,31H,12H2,(H2,26,32). The molecule has 0 aliphatic carbocycles. The molecule has 5 aromatic rings. The number of aromatic hydroxyl groups is 1. The predicted molar refractivity (Wildman–Crippen MR) is 118 cm³/mol. The number of pyridine rings is 2. The number of nitrogens with zero attached hydrogens (tertiary/aromatic N) is 4. The van der Waals surface area contributed by atoms with E-state index >= 15 is 0 Å². The van der Waals surface area contributed by atoms with Gasteiger partial charge in [-0.15, -0.1) is 10.2 Å². The molecule has 8 nitrogen and oxygen atoms in total. The normalized spacial score (nSPS) is 11.1. The average Bonchev–Trinajstić information content (AvgIpc) is 3.29. The lowest BCUT2D eigenvalue weighted by atomic mass is 10.0. The van der Waals surface area contributed by atoms with Gasteiger partial charge in [-0.2, -0.15) is 0 Å². The molecule has 3 heterocycles. The summed E-state index contributed by atoms with van der Waals surface area (Å²) in [4.78, 5) is 20.3. The number of rotatable bonds is 5. The molecule has 0 aliphatic rings.